The summed E-state index contributed by atoms with van der Waals surface area (Å²) >= 11 is 5.71. The van der Waals surface area contributed by atoms with E-state index in [-0.39, 0.29) is 28.4 Å². The lowest BCUT2D eigenvalue weighted by atomic mass is 10.2. The smallest absolute Gasteiger partial charge is 0.320 e. The van der Waals surface area contributed by atoms with Crippen molar-refractivity contribution in [3.63, 3.8) is 0 Å². The second-order valence-electron chi connectivity index (χ2n) is 4.20. The highest BCUT2D eigenvalue weighted by atomic mass is 35.5. The van der Waals surface area contributed by atoms with Crippen molar-refractivity contribution in [2.45, 2.75) is 23.8 Å². The van der Waals surface area contributed by atoms with Crippen molar-refractivity contribution in [3.05, 3.63) is 23.2 Å². The summed E-state index contributed by atoms with van der Waals surface area (Å²) in [5.74, 6) is -2.13. The van der Waals surface area contributed by atoms with Crippen LogP contribution >= 0.6 is 11.6 Å². The predicted molar refractivity (Wildman–Crippen MR) is 76.0 cm³/mol. The van der Waals surface area contributed by atoms with Gasteiger partial charge in [0.25, 0.3) is 10.0 Å². The van der Waals surface area contributed by atoms with E-state index < -0.39 is 27.9 Å². The van der Waals surface area contributed by atoms with E-state index in [1.165, 1.54) is 12.1 Å². The summed E-state index contributed by atoms with van der Waals surface area (Å²) in [4.78, 5) is 21.8. The number of benzene rings is 1. The average Bonchev–Trinajstić information content (AvgIpc) is 2.38. The normalized spacial score (nSPS) is 12.7. The number of halogens is 1. The van der Waals surface area contributed by atoms with Gasteiger partial charge in [0.05, 0.1) is 15.6 Å². The lowest BCUT2D eigenvalue weighted by Crippen LogP contribution is -2.34. The van der Waals surface area contributed by atoms with Gasteiger partial charge in [0.1, 0.15) is 6.04 Å². The van der Waals surface area contributed by atoms with Gasteiger partial charge in [-0.3, -0.25) is 9.59 Å². The number of carboxylic acid groups (broad SMARTS) is 1. The van der Waals surface area contributed by atoms with Gasteiger partial charge in [-0.1, -0.05) is 11.6 Å². The van der Waals surface area contributed by atoms with Gasteiger partial charge < -0.3 is 16.6 Å². The van der Waals surface area contributed by atoms with Gasteiger partial charge in [-0.15, -0.1) is 0 Å². The fourth-order valence-corrected chi connectivity index (χ4v) is 2.63. The van der Waals surface area contributed by atoms with E-state index in [1.807, 2.05) is 0 Å². The maximum absolute atomic E-state index is 11.9. The molecule has 1 aromatic carbocycles. The second-order valence-corrected chi connectivity index (χ2v) is 6.29. The molecule has 0 radical (unpaired) electrons. The van der Waals surface area contributed by atoms with Gasteiger partial charge in [0.2, 0.25) is 5.91 Å². The first-order chi connectivity index (χ1) is 9.63. The lowest BCUT2D eigenvalue weighted by Gasteiger charge is -2.09. The van der Waals surface area contributed by atoms with Gasteiger partial charge in [-0.05, 0) is 24.6 Å². The van der Waals surface area contributed by atoms with Crippen molar-refractivity contribution in [3.8, 4) is 0 Å². The number of sulfonamides is 1. The molecule has 0 spiro atoms. The van der Waals surface area contributed by atoms with Crippen LogP contribution in [0.15, 0.2) is 23.1 Å². The van der Waals surface area contributed by atoms with Crippen LogP contribution in [0.3, 0.4) is 0 Å². The molecule has 0 aromatic heterocycles. The average molecular weight is 336 g/mol. The maximum Gasteiger partial charge on any atom is 0.320 e. The Labute approximate surface area is 126 Å². The van der Waals surface area contributed by atoms with Crippen molar-refractivity contribution in [2.75, 3.05) is 5.73 Å². The first-order valence-electron chi connectivity index (χ1n) is 5.72. The quantitative estimate of drug-likeness (QED) is 0.530. The first-order valence-corrected chi connectivity index (χ1v) is 7.58. The van der Waals surface area contributed by atoms with Crippen LogP contribution in [-0.2, 0) is 19.6 Å². The molecule has 21 heavy (non-hydrogen) atoms. The number of carbonyl (C=O) groups excluding carboxylic acids is 1. The fourth-order valence-electron chi connectivity index (χ4n) is 1.34. The molecule has 0 aliphatic carbocycles. The molecule has 1 amide bonds. The molecule has 0 saturated heterocycles. The third-order valence-electron chi connectivity index (χ3n) is 2.53. The molecule has 6 N–H and O–H groups in total. The monoisotopic (exact) mass is 335 g/mol. The number of carboxylic acids is 1. The summed E-state index contributed by atoms with van der Waals surface area (Å²) in [6.07, 6.45) is -0.519. The molecule has 116 valence electrons. The van der Waals surface area contributed by atoms with E-state index in [9.17, 15) is 18.0 Å². The number of hydrogen-bond donors (Lipinski definition) is 4. The molecular formula is C11H14ClN3O5S. The number of anilines is 1. The standard InChI is InChI=1S/C11H14ClN3O5S/c12-7-5-6(1-2-8(7)13)21(19,20)15-10(16)4-3-9(14)11(17)18/h1-2,5,9H,3-4,13-14H2,(H,15,16)(H,17,18)/t9-/m0/s1. The molecule has 1 aromatic rings. The number of nitrogens with one attached hydrogen (secondary N) is 1. The molecule has 0 aliphatic rings. The van der Waals surface area contributed by atoms with E-state index in [1.54, 1.807) is 4.72 Å². The molecule has 1 rings (SSSR count). The highest BCUT2D eigenvalue weighted by Gasteiger charge is 2.20. The van der Waals surface area contributed by atoms with Gasteiger partial charge >= 0.3 is 5.97 Å². The number of nitrogens with two attached hydrogens (primary N) is 2. The summed E-state index contributed by atoms with van der Waals surface area (Å²) in [5, 5.41) is 8.60. The van der Waals surface area contributed by atoms with Crippen molar-refractivity contribution >= 4 is 39.2 Å². The molecule has 10 heteroatoms. The largest absolute Gasteiger partial charge is 0.480 e. The zero-order valence-corrected chi connectivity index (χ0v) is 12.3. The minimum Gasteiger partial charge on any atom is -0.480 e. The van der Waals surface area contributed by atoms with Crippen LogP contribution < -0.4 is 16.2 Å². The van der Waals surface area contributed by atoms with Gasteiger partial charge in [-0.2, -0.15) is 0 Å². The van der Waals surface area contributed by atoms with Crippen LogP contribution in [0.5, 0.6) is 0 Å². The number of rotatable bonds is 6. The third-order valence-corrected chi connectivity index (χ3v) is 4.23. The van der Waals surface area contributed by atoms with E-state index in [0.29, 0.717) is 0 Å². The third kappa shape index (κ3) is 4.88. The summed E-state index contributed by atoms with van der Waals surface area (Å²) in [6, 6.07) is 2.36. The minimum atomic E-state index is -4.09. The number of amides is 1. The number of hydrogen-bond acceptors (Lipinski definition) is 6. The Balaban J connectivity index is 2.74. The van der Waals surface area contributed by atoms with Crippen molar-refractivity contribution in [1.82, 2.24) is 4.72 Å². The SMILES string of the molecule is Nc1ccc(S(=O)(=O)NC(=O)CC[C@H](N)C(=O)O)cc1Cl. The molecule has 0 fully saturated rings. The van der Waals surface area contributed by atoms with Crippen LogP contribution in [0.2, 0.25) is 5.02 Å². The van der Waals surface area contributed by atoms with Crippen molar-refractivity contribution in [1.29, 1.82) is 0 Å². The molecule has 0 saturated carbocycles. The first kappa shape index (κ1) is 17.2. The van der Waals surface area contributed by atoms with Gasteiger partial charge in [0, 0.05) is 6.42 Å². The lowest BCUT2D eigenvalue weighted by molar-refractivity contribution is -0.138. The minimum absolute atomic E-state index is 0.0400. The molecule has 0 unspecified atom stereocenters. The molecule has 0 aliphatic heterocycles. The van der Waals surface area contributed by atoms with E-state index in [2.05, 4.69) is 0 Å². The Bertz CT molecular complexity index is 662. The van der Waals surface area contributed by atoms with E-state index in [4.69, 9.17) is 28.2 Å². The molecular weight excluding hydrogens is 322 g/mol. The summed E-state index contributed by atoms with van der Waals surface area (Å²) in [7, 11) is -4.09. The van der Waals surface area contributed by atoms with Crippen LogP contribution in [0.25, 0.3) is 0 Å². The van der Waals surface area contributed by atoms with Gasteiger partial charge in [0.15, 0.2) is 0 Å². The van der Waals surface area contributed by atoms with Crippen LogP contribution in [-0.4, -0.2) is 31.4 Å². The summed E-state index contributed by atoms with van der Waals surface area (Å²) in [6.45, 7) is 0. The molecule has 1 atom stereocenters. The Morgan fingerprint density at radius 3 is 2.52 bits per heavy atom. The maximum atomic E-state index is 11.9. The van der Waals surface area contributed by atoms with E-state index in [0.717, 1.165) is 6.07 Å². The second kappa shape index (κ2) is 6.74. The summed E-state index contributed by atoms with van der Waals surface area (Å²) < 4.78 is 25.6. The van der Waals surface area contributed by atoms with Gasteiger partial charge in [-0.25, -0.2) is 13.1 Å². The molecule has 8 nitrogen and oxygen atoms in total. The predicted octanol–water partition coefficient (Wildman–Crippen LogP) is -0.0808. The number of carbonyl (C=O) groups is 2. The van der Waals surface area contributed by atoms with Crippen LogP contribution in [0, 0.1) is 0 Å². The Morgan fingerprint density at radius 1 is 1.38 bits per heavy atom. The highest BCUT2D eigenvalue weighted by molar-refractivity contribution is 7.90. The molecule has 0 bridgehead atoms. The fraction of sp³-hybridized carbons (Fsp3) is 0.273. The zero-order valence-electron chi connectivity index (χ0n) is 10.7. The topological polar surface area (TPSA) is 153 Å². The van der Waals surface area contributed by atoms with Crippen molar-refractivity contribution in [2.24, 2.45) is 5.73 Å². The Kier molecular flexibility index (Phi) is 5.53. The van der Waals surface area contributed by atoms with E-state index >= 15 is 0 Å². The molecule has 0 heterocycles. The highest BCUT2D eigenvalue weighted by Crippen LogP contribution is 2.22. The Morgan fingerprint density at radius 2 is 2.00 bits per heavy atom. The van der Waals surface area contributed by atoms with Crippen LogP contribution in [0.1, 0.15) is 12.8 Å². The van der Waals surface area contributed by atoms with Crippen LogP contribution in [0.4, 0.5) is 5.69 Å². The number of nitrogen functional groups attached to an aromatic ring is 1. The zero-order chi connectivity index (χ0) is 16.2. The Hall–Kier alpha value is -1.84. The summed E-state index contributed by atoms with van der Waals surface area (Å²) in [5.41, 5.74) is 10.9. The number of aliphatic carboxylic acids is 1. The van der Waals surface area contributed by atoms with Crippen molar-refractivity contribution < 1.29 is 23.1 Å².